The summed E-state index contributed by atoms with van der Waals surface area (Å²) in [6.45, 7) is 0.604. The van der Waals surface area contributed by atoms with Gasteiger partial charge in [0.05, 0.1) is 7.11 Å². The highest BCUT2D eigenvalue weighted by Gasteiger charge is 2.09. The Morgan fingerprint density at radius 3 is 2.62 bits per heavy atom. The third-order valence-electron chi connectivity index (χ3n) is 2.32. The topological polar surface area (TPSA) is 61.3 Å². The lowest BCUT2D eigenvalue weighted by molar-refractivity contribution is 0.385. The first kappa shape index (κ1) is 15.2. The predicted octanol–water partition coefficient (Wildman–Crippen LogP) is 1.99. The lowest BCUT2D eigenvalue weighted by Crippen LogP contribution is -2.12. The molecule has 1 atom stereocenters. The van der Waals surface area contributed by atoms with E-state index in [4.69, 9.17) is 16.2 Å². The van der Waals surface area contributed by atoms with Crippen LogP contribution in [-0.2, 0) is 0 Å². The maximum absolute atomic E-state index is 13.3. The van der Waals surface area contributed by atoms with Gasteiger partial charge in [-0.25, -0.2) is 4.39 Å². The summed E-state index contributed by atoms with van der Waals surface area (Å²) in [6.07, 6.45) is 1.61. The summed E-state index contributed by atoms with van der Waals surface area (Å²) >= 11 is 0. The molecule has 0 aliphatic carbocycles. The van der Waals surface area contributed by atoms with Crippen molar-refractivity contribution < 1.29 is 9.13 Å². The number of hydrogen-bond acceptors (Lipinski definition) is 3. The largest absolute Gasteiger partial charge is 0.494 e. The van der Waals surface area contributed by atoms with E-state index in [0.29, 0.717) is 6.54 Å². The molecule has 0 saturated heterocycles. The third-order valence-corrected chi connectivity index (χ3v) is 2.32. The van der Waals surface area contributed by atoms with E-state index in [-0.39, 0.29) is 30.0 Å². The van der Waals surface area contributed by atoms with E-state index in [1.807, 2.05) is 0 Å². The van der Waals surface area contributed by atoms with Crippen molar-refractivity contribution in [1.82, 2.24) is 0 Å². The zero-order valence-electron chi connectivity index (χ0n) is 9.28. The summed E-state index contributed by atoms with van der Waals surface area (Å²) in [7, 11) is 1.44. The molecule has 16 heavy (non-hydrogen) atoms. The fraction of sp³-hybridized carbons (Fsp3) is 0.455. The van der Waals surface area contributed by atoms with Crippen molar-refractivity contribution in [2.75, 3.05) is 13.7 Å². The molecule has 0 unspecified atom stereocenters. The van der Waals surface area contributed by atoms with Gasteiger partial charge in [-0.05, 0) is 37.1 Å². The van der Waals surface area contributed by atoms with Gasteiger partial charge in [-0.2, -0.15) is 0 Å². The minimum Gasteiger partial charge on any atom is -0.494 e. The van der Waals surface area contributed by atoms with E-state index in [0.717, 1.165) is 18.4 Å². The van der Waals surface area contributed by atoms with Crippen molar-refractivity contribution in [2.24, 2.45) is 11.5 Å². The molecule has 0 heterocycles. The highest BCUT2D eigenvalue weighted by Crippen LogP contribution is 2.22. The van der Waals surface area contributed by atoms with Gasteiger partial charge in [0, 0.05) is 6.04 Å². The second kappa shape index (κ2) is 7.44. The molecule has 0 spiro atoms. The van der Waals surface area contributed by atoms with Crippen molar-refractivity contribution in [3.8, 4) is 5.75 Å². The second-order valence-corrected chi connectivity index (χ2v) is 3.43. The van der Waals surface area contributed by atoms with Crippen molar-refractivity contribution in [2.45, 2.75) is 18.9 Å². The van der Waals surface area contributed by atoms with Gasteiger partial charge in [-0.3, -0.25) is 0 Å². The molecule has 0 saturated carbocycles. The molecule has 3 nitrogen and oxygen atoms in total. The normalized spacial score (nSPS) is 11.8. The molecule has 0 aromatic heterocycles. The minimum absolute atomic E-state index is 0. The Balaban J connectivity index is 0.00000225. The predicted molar refractivity (Wildman–Crippen MR) is 65.4 cm³/mol. The zero-order valence-corrected chi connectivity index (χ0v) is 10.1. The molecule has 0 aliphatic heterocycles. The SMILES string of the molecule is COc1ccc([C@H](N)CCCN)cc1F.Cl. The van der Waals surface area contributed by atoms with Crippen LogP contribution in [0.5, 0.6) is 5.75 Å². The Kier molecular flexibility index (Phi) is 7.05. The zero-order chi connectivity index (χ0) is 11.3. The highest BCUT2D eigenvalue weighted by molar-refractivity contribution is 5.85. The van der Waals surface area contributed by atoms with Crippen LogP contribution < -0.4 is 16.2 Å². The first-order valence-corrected chi connectivity index (χ1v) is 4.98. The molecule has 92 valence electrons. The molecule has 0 radical (unpaired) electrons. The maximum Gasteiger partial charge on any atom is 0.165 e. The summed E-state index contributed by atoms with van der Waals surface area (Å²) < 4.78 is 18.2. The summed E-state index contributed by atoms with van der Waals surface area (Å²) in [5.74, 6) is -0.136. The lowest BCUT2D eigenvalue weighted by Gasteiger charge is -2.12. The minimum atomic E-state index is -0.377. The molecular formula is C11H18ClFN2O. The summed E-state index contributed by atoms with van der Waals surface area (Å²) in [6, 6.07) is 4.63. The molecule has 1 rings (SSSR count). The van der Waals surface area contributed by atoms with E-state index < -0.39 is 0 Å². The van der Waals surface area contributed by atoms with E-state index in [2.05, 4.69) is 0 Å². The first-order valence-electron chi connectivity index (χ1n) is 4.98. The van der Waals surface area contributed by atoms with E-state index in [9.17, 15) is 4.39 Å². The van der Waals surface area contributed by atoms with Gasteiger partial charge in [0.15, 0.2) is 11.6 Å². The van der Waals surface area contributed by atoms with Crippen LogP contribution >= 0.6 is 12.4 Å². The Bertz CT molecular complexity index is 323. The van der Waals surface area contributed by atoms with Crippen LogP contribution in [0.3, 0.4) is 0 Å². The Morgan fingerprint density at radius 2 is 2.12 bits per heavy atom. The van der Waals surface area contributed by atoms with E-state index >= 15 is 0 Å². The average Bonchev–Trinajstić information content (AvgIpc) is 2.25. The van der Waals surface area contributed by atoms with Crippen molar-refractivity contribution in [3.63, 3.8) is 0 Å². The first-order chi connectivity index (χ1) is 7.19. The molecule has 1 aromatic carbocycles. The van der Waals surface area contributed by atoms with E-state index in [1.54, 1.807) is 12.1 Å². The number of hydrogen-bond donors (Lipinski definition) is 2. The number of rotatable bonds is 5. The summed E-state index contributed by atoms with van der Waals surface area (Å²) in [4.78, 5) is 0. The molecule has 0 aliphatic rings. The van der Waals surface area contributed by atoms with Crippen LogP contribution in [0.25, 0.3) is 0 Å². The molecule has 0 bridgehead atoms. The van der Waals surface area contributed by atoms with Gasteiger partial charge in [0.1, 0.15) is 0 Å². The van der Waals surface area contributed by atoms with Crippen LogP contribution in [0, 0.1) is 5.82 Å². The van der Waals surface area contributed by atoms with Gasteiger partial charge in [-0.15, -0.1) is 12.4 Å². The standard InChI is InChI=1S/C11H17FN2O.ClH/c1-15-11-5-4-8(7-9(11)12)10(14)3-2-6-13;/h4-5,7,10H,2-3,6,13-14H2,1H3;1H/t10-;/m1./s1. The quantitative estimate of drug-likeness (QED) is 0.838. The van der Waals surface area contributed by atoms with Crippen LogP contribution in [0.4, 0.5) is 4.39 Å². The number of methoxy groups -OCH3 is 1. The van der Waals surface area contributed by atoms with Gasteiger partial charge in [-0.1, -0.05) is 6.07 Å². The maximum atomic E-state index is 13.3. The fourth-order valence-electron chi connectivity index (χ4n) is 1.42. The van der Waals surface area contributed by atoms with Gasteiger partial charge < -0.3 is 16.2 Å². The Labute approximate surface area is 101 Å². The molecule has 0 amide bonds. The van der Waals surface area contributed by atoms with E-state index in [1.165, 1.54) is 13.2 Å². The summed E-state index contributed by atoms with van der Waals surface area (Å²) in [5, 5.41) is 0. The number of ether oxygens (including phenoxy) is 1. The van der Waals surface area contributed by atoms with Crippen molar-refractivity contribution >= 4 is 12.4 Å². The Morgan fingerprint density at radius 1 is 1.44 bits per heavy atom. The van der Waals surface area contributed by atoms with Crippen LogP contribution in [-0.4, -0.2) is 13.7 Å². The van der Waals surface area contributed by atoms with Gasteiger partial charge in [0.25, 0.3) is 0 Å². The number of halogens is 2. The van der Waals surface area contributed by atoms with Gasteiger partial charge >= 0.3 is 0 Å². The lowest BCUT2D eigenvalue weighted by atomic mass is 10.0. The molecule has 1 aromatic rings. The molecular weight excluding hydrogens is 231 g/mol. The Hall–Kier alpha value is -0.840. The average molecular weight is 249 g/mol. The van der Waals surface area contributed by atoms with Crippen molar-refractivity contribution in [3.05, 3.63) is 29.6 Å². The number of benzene rings is 1. The van der Waals surface area contributed by atoms with Crippen LogP contribution in [0.15, 0.2) is 18.2 Å². The fourth-order valence-corrected chi connectivity index (χ4v) is 1.42. The summed E-state index contributed by atoms with van der Waals surface area (Å²) in [5.41, 5.74) is 12.0. The number of nitrogens with two attached hydrogens (primary N) is 2. The molecule has 5 heteroatoms. The third kappa shape index (κ3) is 3.96. The second-order valence-electron chi connectivity index (χ2n) is 3.43. The van der Waals surface area contributed by atoms with Crippen molar-refractivity contribution in [1.29, 1.82) is 0 Å². The monoisotopic (exact) mass is 248 g/mol. The highest BCUT2D eigenvalue weighted by atomic mass is 35.5. The molecule has 0 fully saturated rings. The van der Waals surface area contributed by atoms with Crippen LogP contribution in [0.2, 0.25) is 0 Å². The smallest absolute Gasteiger partial charge is 0.165 e. The molecule has 4 N–H and O–H groups in total. The van der Waals surface area contributed by atoms with Gasteiger partial charge in [0.2, 0.25) is 0 Å². The van der Waals surface area contributed by atoms with Crippen LogP contribution in [0.1, 0.15) is 24.4 Å².